The van der Waals surface area contributed by atoms with Crippen molar-refractivity contribution >= 4 is 5.96 Å². The third-order valence-corrected chi connectivity index (χ3v) is 3.51. The van der Waals surface area contributed by atoms with E-state index in [0.717, 1.165) is 22.8 Å². The van der Waals surface area contributed by atoms with Gasteiger partial charge < -0.3 is 15.0 Å². The smallest absolute Gasteiger partial charge is 0.193 e. The molecule has 2 aromatic carbocycles. The number of para-hydroxylation sites is 1. The molecule has 2 aromatic rings. The Bertz CT molecular complexity index is 673. The van der Waals surface area contributed by atoms with Gasteiger partial charge in [0.15, 0.2) is 5.96 Å². The summed E-state index contributed by atoms with van der Waals surface area (Å²) in [6.45, 7) is 1.17. The molecule has 0 aliphatic carbocycles. The normalized spacial score (nSPS) is 11.2. The molecule has 0 aliphatic heterocycles. The average Bonchev–Trinajstić information content (AvgIpc) is 2.55. The number of hydrogen-bond acceptors (Lipinski definition) is 2. The molecule has 5 heteroatoms. The monoisotopic (exact) mass is 315 g/mol. The van der Waals surface area contributed by atoms with Crippen LogP contribution in [0.2, 0.25) is 0 Å². The summed E-state index contributed by atoms with van der Waals surface area (Å²) >= 11 is 0. The van der Waals surface area contributed by atoms with Crippen LogP contribution in [0.25, 0.3) is 0 Å². The number of aliphatic imine (C=N–C) groups is 1. The standard InChI is InChI=1S/C18H22FN3O/c1-20-18(21-12-15-8-4-5-10-17(15)23-3)22(2)13-14-7-6-9-16(19)11-14/h4-11H,12-13H2,1-3H3,(H,20,21). The molecule has 0 unspecified atom stereocenters. The molecule has 0 bridgehead atoms. The van der Waals surface area contributed by atoms with Gasteiger partial charge in [-0.15, -0.1) is 0 Å². The molecule has 2 rings (SSSR count). The molecule has 1 N–H and O–H groups in total. The van der Waals surface area contributed by atoms with Crippen molar-refractivity contribution in [3.05, 3.63) is 65.5 Å². The highest BCUT2D eigenvalue weighted by atomic mass is 19.1. The second kappa shape index (κ2) is 8.17. The van der Waals surface area contributed by atoms with E-state index < -0.39 is 0 Å². The zero-order valence-corrected chi connectivity index (χ0v) is 13.7. The van der Waals surface area contributed by atoms with Crippen molar-refractivity contribution < 1.29 is 9.13 Å². The SMILES string of the molecule is CN=C(NCc1ccccc1OC)N(C)Cc1cccc(F)c1. The van der Waals surface area contributed by atoms with Crippen LogP contribution >= 0.6 is 0 Å². The fourth-order valence-corrected chi connectivity index (χ4v) is 2.39. The van der Waals surface area contributed by atoms with Gasteiger partial charge in [0.05, 0.1) is 7.11 Å². The number of rotatable bonds is 5. The lowest BCUT2D eigenvalue weighted by Crippen LogP contribution is -2.38. The average molecular weight is 315 g/mol. The maximum atomic E-state index is 13.3. The molecule has 4 nitrogen and oxygen atoms in total. The molecule has 0 fully saturated rings. The molecule has 0 radical (unpaired) electrons. The third kappa shape index (κ3) is 4.71. The van der Waals surface area contributed by atoms with Crippen molar-refractivity contribution in [3.63, 3.8) is 0 Å². The second-order valence-electron chi connectivity index (χ2n) is 5.20. The topological polar surface area (TPSA) is 36.9 Å². The van der Waals surface area contributed by atoms with Crippen LogP contribution in [-0.2, 0) is 13.1 Å². The number of guanidine groups is 1. The minimum Gasteiger partial charge on any atom is -0.496 e. The minimum absolute atomic E-state index is 0.229. The second-order valence-corrected chi connectivity index (χ2v) is 5.20. The maximum Gasteiger partial charge on any atom is 0.193 e. The lowest BCUT2D eigenvalue weighted by Gasteiger charge is -2.22. The Morgan fingerprint density at radius 2 is 2.00 bits per heavy atom. The maximum absolute atomic E-state index is 13.3. The van der Waals surface area contributed by atoms with Gasteiger partial charge in [-0.2, -0.15) is 0 Å². The molecule has 23 heavy (non-hydrogen) atoms. The van der Waals surface area contributed by atoms with Crippen molar-refractivity contribution in [3.8, 4) is 5.75 Å². The van der Waals surface area contributed by atoms with Crippen molar-refractivity contribution in [1.29, 1.82) is 0 Å². The highest BCUT2D eigenvalue weighted by molar-refractivity contribution is 5.79. The summed E-state index contributed by atoms with van der Waals surface area (Å²) in [5.74, 6) is 1.34. The van der Waals surface area contributed by atoms with Crippen LogP contribution in [-0.4, -0.2) is 32.1 Å². The van der Waals surface area contributed by atoms with E-state index in [0.29, 0.717) is 13.1 Å². The number of benzene rings is 2. The van der Waals surface area contributed by atoms with Crippen molar-refractivity contribution in [2.45, 2.75) is 13.1 Å². The Kier molecular flexibility index (Phi) is 5.97. The molecule has 0 saturated carbocycles. The zero-order chi connectivity index (χ0) is 16.7. The van der Waals surface area contributed by atoms with E-state index in [-0.39, 0.29) is 5.82 Å². The van der Waals surface area contributed by atoms with Gasteiger partial charge in [-0.25, -0.2) is 4.39 Å². The molecule has 0 saturated heterocycles. The molecule has 0 amide bonds. The Hall–Kier alpha value is -2.56. The van der Waals surface area contributed by atoms with Crippen LogP contribution in [0.3, 0.4) is 0 Å². The lowest BCUT2D eigenvalue weighted by atomic mass is 10.2. The van der Waals surface area contributed by atoms with Crippen molar-refractivity contribution in [1.82, 2.24) is 10.2 Å². The summed E-state index contributed by atoms with van der Waals surface area (Å²) in [6.07, 6.45) is 0. The molecule has 0 aliphatic rings. The van der Waals surface area contributed by atoms with Gasteiger partial charge in [0.25, 0.3) is 0 Å². The van der Waals surface area contributed by atoms with Crippen LogP contribution in [0, 0.1) is 5.82 Å². The molecule has 0 heterocycles. The first-order valence-corrected chi connectivity index (χ1v) is 7.42. The van der Waals surface area contributed by atoms with Crippen LogP contribution in [0.15, 0.2) is 53.5 Å². The van der Waals surface area contributed by atoms with Crippen molar-refractivity contribution in [2.75, 3.05) is 21.2 Å². The van der Waals surface area contributed by atoms with E-state index in [1.165, 1.54) is 12.1 Å². The molecule has 0 aromatic heterocycles. The predicted molar refractivity (Wildman–Crippen MR) is 91.1 cm³/mol. The lowest BCUT2D eigenvalue weighted by molar-refractivity contribution is 0.408. The number of nitrogens with one attached hydrogen (secondary N) is 1. The number of hydrogen-bond donors (Lipinski definition) is 1. The van der Waals surface area contributed by atoms with E-state index >= 15 is 0 Å². The van der Waals surface area contributed by atoms with Crippen LogP contribution in [0.1, 0.15) is 11.1 Å². The van der Waals surface area contributed by atoms with E-state index in [4.69, 9.17) is 4.74 Å². The largest absolute Gasteiger partial charge is 0.496 e. The summed E-state index contributed by atoms with van der Waals surface area (Å²) in [6, 6.07) is 14.4. The fourth-order valence-electron chi connectivity index (χ4n) is 2.39. The van der Waals surface area contributed by atoms with Gasteiger partial charge in [-0.05, 0) is 23.8 Å². The van der Waals surface area contributed by atoms with E-state index in [9.17, 15) is 4.39 Å². The first kappa shape index (κ1) is 16.8. The van der Waals surface area contributed by atoms with Gasteiger partial charge in [0.1, 0.15) is 11.6 Å². The number of methoxy groups -OCH3 is 1. The van der Waals surface area contributed by atoms with Crippen LogP contribution < -0.4 is 10.1 Å². The summed E-state index contributed by atoms with van der Waals surface area (Å²) in [5.41, 5.74) is 1.95. The van der Waals surface area contributed by atoms with Crippen LogP contribution in [0.4, 0.5) is 4.39 Å². The summed E-state index contributed by atoms with van der Waals surface area (Å²) in [4.78, 5) is 6.22. The summed E-state index contributed by atoms with van der Waals surface area (Å²) in [5, 5.41) is 3.30. The third-order valence-electron chi connectivity index (χ3n) is 3.51. The van der Waals surface area contributed by atoms with Gasteiger partial charge in [0, 0.05) is 32.7 Å². The first-order chi connectivity index (χ1) is 11.1. The minimum atomic E-state index is -0.229. The molecule has 0 spiro atoms. The Labute approximate surface area is 136 Å². The Balaban J connectivity index is 1.99. The molecular formula is C18H22FN3O. The Morgan fingerprint density at radius 1 is 1.22 bits per heavy atom. The van der Waals surface area contributed by atoms with Gasteiger partial charge in [0.2, 0.25) is 0 Å². The van der Waals surface area contributed by atoms with Gasteiger partial charge in [-0.3, -0.25) is 4.99 Å². The van der Waals surface area contributed by atoms with E-state index in [1.54, 1.807) is 20.2 Å². The van der Waals surface area contributed by atoms with Crippen LogP contribution in [0.5, 0.6) is 5.75 Å². The Morgan fingerprint density at radius 3 is 2.70 bits per heavy atom. The highest BCUT2D eigenvalue weighted by Crippen LogP contribution is 2.16. The molecular weight excluding hydrogens is 293 g/mol. The highest BCUT2D eigenvalue weighted by Gasteiger charge is 2.08. The quantitative estimate of drug-likeness (QED) is 0.680. The number of ether oxygens (including phenoxy) is 1. The predicted octanol–water partition coefficient (Wildman–Crippen LogP) is 3.04. The van der Waals surface area contributed by atoms with E-state index in [1.807, 2.05) is 42.3 Å². The van der Waals surface area contributed by atoms with Gasteiger partial charge in [-0.1, -0.05) is 30.3 Å². The molecule has 122 valence electrons. The van der Waals surface area contributed by atoms with E-state index in [2.05, 4.69) is 10.3 Å². The summed E-state index contributed by atoms with van der Waals surface area (Å²) in [7, 11) is 5.30. The summed E-state index contributed by atoms with van der Waals surface area (Å²) < 4.78 is 18.6. The molecule has 0 atom stereocenters. The fraction of sp³-hybridized carbons (Fsp3) is 0.278. The van der Waals surface area contributed by atoms with Crippen molar-refractivity contribution in [2.24, 2.45) is 4.99 Å². The number of halogens is 1. The van der Waals surface area contributed by atoms with Gasteiger partial charge >= 0.3 is 0 Å². The number of nitrogens with zero attached hydrogens (tertiary/aromatic N) is 2. The zero-order valence-electron chi connectivity index (χ0n) is 13.7. The first-order valence-electron chi connectivity index (χ1n) is 7.42.